The van der Waals surface area contributed by atoms with Crippen LogP contribution in [-0.4, -0.2) is 43.8 Å². The Balaban J connectivity index is 1.64. The van der Waals surface area contributed by atoms with Gasteiger partial charge in [-0.2, -0.15) is 0 Å². The van der Waals surface area contributed by atoms with Gasteiger partial charge in [0.15, 0.2) is 21.3 Å². The lowest BCUT2D eigenvalue weighted by molar-refractivity contribution is 0.356. The van der Waals surface area contributed by atoms with Gasteiger partial charge in [-0.05, 0) is 36.2 Å². The van der Waals surface area contributed by atoms with Crippen molar-refractivity contribution in [1.29, 1.82) is 0 Å². The molecular formula is C24H24N4O4S. The molecule has 0 saturated heterocycles. The van der Waals surface area contributed by atoms with E-state index < -0.39 is 9.84 Å². The second kappa shape index (κ2) is 9.03. The molecule has 0 spiro atoms. The van der Waals surface area contributed by atoms with Crippen LogP contribution in [0.4, 0.5) is 5.82 Å². The summed E-state index contributed by atoms with van der Waals surface area (Å²) < 4.78 is 34.6. The molecule has 0 saturated carbocycles. The van der Waals surface area contributed by atoms with Gasteiger partial charge in [-0.25, -0.2) is 18.4 Å². The third-order valence-corrected chi connectivity index (χ3v) is 6.25. The smallest absolute Gasteiger partial charge is 0.177 e. The third kappa shape index (κ3) is 4.88. The van der Waals surface area contributed by atoms with Crippen molar-refractivity contribution in [3.8, 4) is 22.6 Å². The minimum absolute atomic E-state index is 0.191. The first-order valence-corrected chi connectivity index (χ1v) is 12.1. The van der Waals surface area contributed by atoms with E-state index in [0.29, 0.717) is 29.7 Å². The highest BCUT2D eigenvalue weighted by atomic mass is 32.2. The van der Waals surface area contributed by atoms with E-state index in [9.17, 15) is 8.42 Å². The SMILES string of the molecule is COc1cc2nc(C)nc(NCc3cccc(-c4cncc(S(C)(=O)=O)c4)c3)c2cc1OC. The molecule has 1 N–H and O–H groups in total. The van der Waals surface area contributed by atoms with Crippen molar-refractivity contribution >= 4 is 26.6 Å². The van der Waals surface area contributed by atoms with Crippen LogP contribution in [-0.2, 0) is 16.4 Å². The Bertz CT molecular complexity index is 1440. The van der Waals surface area contributed by atoms with Crippen LogP contribution in [0.3, 0.4) is 0 Å². The minimum atomic E-state index is -3.33. The second-order valence-corrected chi connectivity index (χ2v) is 9.59. The molecular weight excluding hydrogens is 440 g/mol. The first-order valence-electron chi connectivity index (χ1n) is 10.2. The average Bonchev–Trinajstić information content (AvgIpc) is 2.81. The molecule has 0 atom stereocenters. The number of ether oxygens (including phenoxy) is 2. The minimum Gasteiger partial charge on any atom is -0.493 e. The number of rotatable bonds is 7. The van der Waals surface area contributed by atoms with Crippen LogP contribution in [0.15, 0.2) is 59.8 Å². The standard InChI is InChI=1S/C24H24N4O4S/c1-15-27-21-11-23(32-3)22(31-2)10-20(21)24(28-15)26-12-16-6-5-7-17(8-16)18-9-19(14-25-13-18)33(4,29)30/h5-11,13-14H,12H2,1-4H3,(H,26,27,28). The van der Waals surface area contributed by atoms with Gasteiger partial charge < -0.3 is 14.8 Å². The van der Waals surface area contributed by atoms with E-state index in [2.05, 4.69) is 20.3 Å². The Morgan fingerprint density at radius 2 is 1.70 bits per heavy atom. The maximum absolute atomic E-state index is 11.9. The number of nitrogens with zero attached hydrogens (tertiary/aromatic N) is 3. The van der Waals surface area contributed by atoms with Crippen molar-refractivity contribution in [3.63, 3.8) is 0 Å². The van der Waals surface area contributed by atoms with Gasteiger partial charge in [0.25, 0.3) is 0 Å². The molecule has 0 aliphatic carbocycles. The highest BCUT2D eigenvalue weighted by molar-refractivity contribution is 7.90. The number of nitrogens with one attached hydrogen (secondary N) is 1. The van der Waals surface area contributed by atoms with Gasteiger partial charge in [0, 0.05) is 42.2 Å². The van der Waals surface area contributed by atoms with Gasteiger partial charge in [0.05, 0.1) is 24.6 Å². The lowest BCUT2D eigenvalue weighted by Crippen LogP contribution is -2.05. The normalized spacial score (nSPS) is 11.4. The van der Waals surface area contributed by atoms with Crippen LogP contribution in [0.1, 0.15) is 11.4 Å². The maximum Gasteiger partial charge on any atom is 0.177 e. The highest BCUT2D eigenvalue weighted by Gasteiger charge is 2.13. The van der Waals surface area contributed by atoms with E-state index in [1.807, 2.05) is 43.3 Å². The highest BCUT2D eigenvalue weighted by Crippen LogP contribution is 2.34. The van der Waals surface area contributed by atoms with Crippen LogP contribution >= 0.6 is 0 Å². The van der Waals surface area contributed by atoms with Crippen molar-refractivity contribution in [2.75, 3.05) is 25.8 Å². The summed E-state index contributed by atoms with van der Waals surface area (Å²) in [6.07, 6.45) is 4.19. The molecule has 0 amide bonds. The van der Waals surface area contributed by atoms with Gasteiger partial charge in [-0.3, -0.25) is 4.98 Å². The molecule has 170 valence electrons. The molecule has 33 heavy (non-hydrogen) atoms. The topological polar surface area (TPSA) is 103 Å². The van der Waals surface area contributed by atoms with E-state index in [0.717, 1.165) is 27.6 Å². The molecule has 4 aromatic rings. The molecule has 0 aliphatic heterocycles. The van der Waals surface area contributed by atoms with Gasteiger partial charge in [-0.1, -0.05) is 18.2 Å². The Morgan fingerprint density at radius 1 is 0.939 bits per heavy atom. The first kappa shape index (κ1) is 22.5. The summed E-state index contributed by atoms with van der Waals surface area (Å²) in [7, 11) is -0.157. The number of hydrogen-bond donors (Lipinski definition) is 1. The molecule has 8 nitrogen and oxygen atoms in total. The Labute approximate surface area is 192 Å². The number of sulfone groups is 1. The maximum atomic E-state index is 11.9. The molecule has 0 aliphatic rings. The fourth-order valence-electron chi connectivity index (χ4n) is 3.53. The molecule has 2 aromatic carbocycles. The van der Waals surface area contributed by atoms with Crippen molar-refractivity contribution in [1.82, 2.24) is 15.0 Å². The average molecular weight is 465 g/mol. The van der Waals surface area contributed by atoms with E-state index in [-0.39, 0.29) is 4.90 Å². The molecule has 0 bridgehead atoms. The summed E-state index contributed by atoms with van der Waals surface area (Å²) in [5, 5.41) is 4.21. The van der Waals surface area contributed by atoms with Gasteiger partial charge >= 0.3 is 0 Å². The van der Waals surface area contributed by atoms with Gasteiger partial charge in [0.1, 0.15) is 11.6 Å². The fourth-order valence-corrected chi connectivity index (χ4v) is 4.13. The zero-order valence-electron chi connectivity index (χ0n) is 18.8. The number of aryl methyl sites for hydroxylation is 1. The number of hydrogen-bond acceptors (Lipinski definition) is 8. The summed E-state index contributed by atoms with van der Waals surface area (Å²) in [5.41, 5.74) is 3.37. The largest absolute Gasteiger partial charge is 0.493 e. The lowest BCUT2D eigenvalue weighted by atomic mass is 10.0. The first-order chi connectivity index (χ1) is 15.8. The number of benzene rings is 2. The zero-order chi connectivity index (χ0) is 23.6. The molecule has 0 unspecified atom stereocenters. The van der Waals surface area contributed by atoms with Crippen LogP contribution < -0.4 is 14.8 Å². The Morgan fingerprint density at radius 3 is 2.42 bits per heavy atom. The third-order valence-electron chi connectivity index (χ3n) is 5.17. The van der Waals surface area contributed by atoms with Crippen molar-refractivity contribution in [2.45, 2.75) is 18.4 Å². The van der Waals surface area contributed by atoms with E-state index in [4.69, 9.17) is 9.47 Å². The second-order valence-electron chi connectivity index (χ2n) is 7.58. The van der Waals surface area contributed by atoms with Crippen LogP contribution in [0.25, 0.3) is 22.0 Å². The summed E-state index contributed by atoms with van der Waals surface area (Å²) in [6, 6.07) is 13.2. The molecule has 0 fully saturated rings. The van der Waals surface area contributed by atoms with Gasteiger partial charge in [0.2, 0.25) is 0 Å². The molecule has 9 heteroatoms. The predicted octanol–water partition coefficient (Wildman–Crippen LogP) is 4.03. The number of anilines is 1. The van der Waals surface area contributed by atoms with E-state index in [1.165, 1.54) is 12.5 Å². The predicted molar refractivity (Wildman–Crippen MR) is 127 cm³/mol. The van der Waals surface area contributed by atoms with Crippen LogP contribution in [0.2, 0.25) is 0 Å². The Hall–Kier alpha value is -3.72. The number of methoxy groups -OCH3 is 2. The van der Waals surface area contributed by atoms with E-state index >= 15 is 0 Å². The quantitative estimate of drug-likeness (QED) is 0.437. The number of aromatic nitrogens is 3. The lowest BCUT2D eigenvalue weighted by Gasteiger charge is -2.13. The van der Waals surface area contributed by atoms with Crippen molar-refractivity contribution < 1.29 is 17.9 Å². The van der Waals surface area contributed by atoms with E-state index in [1.54, 1.807) is 26.5 Å². The summed E-state index contributed by atoms with van der Waals surface area (Å²) >= 11 is 0. The Kier molecular flexibility index (Phi) is 6.15. The molecule has 0 radical (unpaired) electrons. The van der Waals surface area contributed by atoms with Gasteiger partial charge in [-0.15, -0.1) is 0 Å². The number of fused-ring (bicyclic) bond motifs is 1. The summed E-state index contributed by atoms with van der Waals surface area (Å²) in [4.78, 5) is 13.4. The monoisotopic (exact) mass is 464 g/mol. The molecule has 2 heterocycles. The van der Waals surface area contributed by atoms with Crippen molar-refractivity contribution in [3.05, 3.63) is 66.2 Å². The fraction of sp³-hybridized carbons (Fsp3) is 0.208. The number of pyridine rings is 1. The molecule has 2 aromatic heterocycles. The molecule has 4 rings (SSSR count). The zero-order valence-corrected chi connectivity index (χ0v) is 19.6. The summed E-state index contributed by atoms with van der Waals surface area (Å²) in [6.45, 7) is 2.34. The van der Waals surface area contributed by atoms with Crippen LogP contribution in [0.5, 0.6) is 11.5 Å². The van der Waals surface area contributed by atoms with Crippen LogP contribution in [0, 0.1) is 6.92 Å². The van der Waals surface area contributed by atoms with Crippen molar-refractivity contribution in [2.24, 2.45) is 0 Å². The summed E-state index contributed by atoms with van der Waals surface area (Å²) in [5.74, 6) is 2.52.